The van der Waals surface area contributed by atoms with Crippen LogP contribution in [0.25, 0.3) is 0 Å². The second-order valence-corrected chi connectivity index (χ2v) is 9.18. The fourth-order valence-electron chi connectivity index (χ4n) is 4.12. The number of hydrogen-bond acceptors (Lipinski definition) is 3. The molecule has 8 heteroatoms. The number of anilines is 1. The van der Waals surface area contributed by atoms with Crippen molar-refractivity contribution in [2.75, 3.05) is 18.0 Å². The maximum Gasteiger partial charge on any atom is 0.416 e. The molecule has 3 rings (SSSR count). The van der Waals surface area contributed by atoms with E-state index in [0.29, 0.717) is 43.1 Å². The number of rotatable bonds is 7. The van der Waals surface area contributed by atoms with Gasteiger partial charge in [-0.3, -0.25) is 4.79 Å². The summed E-state index contributed by atoms with van der Waals surface area (Å²) in [6, 6.07) is 12.2. The van der Waals surface area contributed by atoms with E-state index in [1.54, 1.807) is 29.2 Å². The molecule has 0 bridgehead atoms. The van der Waals surface area contributed by atoms with Gasteiger partial charge in [0.25, 0.3) is 0 Å². The van der Waals surface area contributed by atoms with Gasteiger partial charge in [-0.25, -0.2) is 0 Å². The molecule has 0 aliphatic carbocycles. The van der Waals surface area contributed by atoms with Gasteiger partial charge in [0.2, 0.25) is 5.91 Å². The highest BCUT2D eigenvalue weighted by molar-refractivity contribution is 6.32. The number of likely N-dealkylation sites (tertiary alicyclic amines) is 1. The van der Waals surface area contributed by atoms with E-state index in [2.05, 4.69) is 13.8 Å². The van der Waals surface area contributed by atoms with E-state index in [-0.39, 0.29) is 29.1 Å². The second kappa shape index (κ2) is 10.5. The minimum Gasteiger partial charge on any atom is -0.362 e. The normalized spacial score (nSPS) is 16.2. The number of amides is 1. The molecule has 0 spiro atoms. The number of carbonyl (C=O) groups is 1. The smallest absolute Gasteiger partial charge is 0.362 e. The van der Waals surface area contributed by atoms with E-state index < -0.39 is 11.7 Å². The highest BCUT2D eigenvalue weighted by atomic mass is 35.5. The van der Waals surface area contributed by atoms with Crippen LogP contribution in [0.15, 0.2) is 42.5 Å². The molecule has 0 saturated carbocycles. The Bertz CT molecular complexity index is 1030. The Hall–Kier alpha value is -2.72. The van der Waals surface area contributed by atoms with Crippen LogP contribution in [-0.2, 0) is 17.5 Å². The zero-order chi connectivity index (χ0) is 24.2. The van der Waals surface area contributed by atoms with Crippen molar-refractivity contribution >= 4 is 23.2 Å². The van der Waals surface area contributed by atoms with Crippen LogP contribution in [0.1, 0.15) is 49.8 Å². The minimum absolute atomic E-state index is 0.0105. The Morgan fingerprint density at radius 1 is 1.27 bits per heavy atom. The number of nitriles is 1. The van der Waals surface area contributed by atoms with E-state index >= 15 is 0 Å². The van der Waals surface area contributed by atoms with Crippen LogP contribution < -0.4 is 4.90 Å². The van der Waals surface area contributed by atoms with Gasteiger partial charge < -0.3 is 9.80 Å². The van der Waals surface area contributed by atoms with E-state index in [0.717, 1.165) is 12.5 Å². The van der Waals surface area contributed by atoms with Crippen LogP contribution in [0.4, 0.5) is 18.9 Å². The number of halogens is 4. The zero-order valence-corrected chi connectivity index (χ0v) is 19.5. The van der Waals surface area contributed by atoms with Crippen molar-refractivity contribution in [2.45, 2.75) is 51.9 Å². The highest BCUT2D eigenvalue weighted by Gasteiger charge is 2.35. The average molecular weight is 478 g/mol. The van der Waals surface area contributed by atoms with Crippen molar-refractivity contribution in [3.63, 3.8) is 0 Å². The van der Waals surface area contributed by atoms with E-state index in [4.69, 9.17) is 11.6 Å². The van der Waals surface area contributed by atoms with Gasteiger partial charge in [-0.1, -0.05) is 43.6 Å². The molecule has 0 radical (unpaired) electrons. The molecular formula is C25H27ClF3N3O. The Morgan fingerprint density at radius 3 is 2.64 bits per heavy atom. The zero-order valence-electron chi connectivity index (χ0n) is 18.7. The molecular weight excluding hydrogens is 451 g/mol. The van der Waals surface area contributed by atoms with Gasteiger partial charge in [0.05, 0.1) is 16.1 Å². The monoisotopic (exact) mass is 477 g/mol. The maximum absolute atomic E-state index is 13.6. The predicted octanol–water partition coefficient (Wildman–Crippen LogP) is 6.27. The molecule has 0 aromatic heterocycles. The third-order valence-electron chi connectivity index (χ3n) is 5.96. The lowest BCUT2D eigenvalue weighted by atomic mass is 10.0. The van der Waals surface area contributed by atoms with Gasteiger partial charge in [-0.15, -0.1) is 0 Å². The van der Waals surface area contributed by atoms with Gasteiger partial charge in [0.15, 0.2) is 0 Å². The summed E-state index contributed by atoms with van der Waals surface area (Å²) in [6.45, 7) is 5.13. The lowest BCUT2D eigenvalue weighted by Crippen LogP contribution is -2.39. The SMILES string of the molecule is CC(C)CCC(=O)N1CC[C@H](N(Cc2ccccc2C(F)(F)F)c2ccc(C#N)c(Cl)c2)C1. The topological polar surface area (TPSA) is 47.3 Å². The number of carbonyl (C=O) groups excluding carboxylic acids is 1. The van der Waals surface area contributed by atoms with E-state index in [9.17, 15) is 23.2 Å². The molecule has 1 aliphatic heterocycles. The van der Waals surface area contributed by atoms with Gasteiger partial charge in [0, 0.05) is 37.8 Å². The highest BCUT2D eigenvalue weighted by Crippen LogP contribution is 2.35. The lowest BCUT2D eigenvalue weighted by Gasteiger charge is -2.32. The molecule has 1 fully saturated rings. The summed E-state index contributed by atoms with van der Waals surface area (Å²) in [4.78, 5) is 16.3. The molecule has 0 unspecified atom stereocenters. The maximum atomic E-state index is 13.6. The molecule has 176 valence electrons. The quantitative estimate of drug-likeness (QED) is 0.472. The molecule has 1 saturated heterocycles. The molecule has 2 aromatic rings. The fraction of sp³-hybridized carbons (Fsp3) is 0.440. The van der Waals surface area contributed by atoms with Crippen LogP contribution in [0.5, 0.6) is 0 Å². The second-order valence-electron chi connectivity index (χ2n) is 8.77. The van der Waals surface area contributed by atoms with Gasteiger partial charge >= 0.3 is 6.18 Å². The summed E-state index contributed by atoms with van der Waals surface area (Å²) < 4.78 is 40.9. The van der Waals surface area contributed by atoms with Gasteiger partial charge in [-0.2, -0.15) is 18.4 Å². The first-order valence-electron chi connectivity index (χ1n) is 11.0. The number of hydrogen-bond donors (Lipinski definition) is 0. The predicted molar refractivity (Wildman–Crippen MR) is 123 cm³/mol. The third-order valence-corrected chi connectivity index (χ3v) is 6.27. The Balaban J connectivity index is 1.91. The van der Waals surface area contributed by atoms with Gasteiger partial charge in [-0.05, 0) is 48.6 Å². The summed E-state index contributed by atoms with van der Waals surface area (Å²) in [5, 5.41) is 9.43. The summed E-state index contributed by atoms with van der Waals surface area (Å²) >= 11 is 6.24. The molecule has 1 aliphatic rings. The van der Waals surface area contributed by atoms with Crippen molar-refractivity contribution in [3.05, 3.63) is 64.2 Å². The first-order valence-corrected chi connectivity index (χ1v) is 11.4. The van der Waals surface area contributed by atoms with Crippen molar-refractivity contribution in [2.24, 2.45) is 5.92 Å². The Labute approximate surface area is 197 Å². The molecule has 4 nitrogen and oxygen atoms in total. The van der Waals surface area contributed by atoms with E-state index in [1.807, 2.05) is 11.0 Å². The van der Waals surface area contributed by atoms with Crippen molar-refractivity contribution in [1.82, 2.24) is 4.90 Å². The van der Waals surface area contributed by atoms with Crippen molar-refractivity contribution in [3.8, 4) is 6.07 Å². The standard InChI is InChI=1S/C25H27ClF3N3O/c1-17(2)7-10-24(33)31-12-11-21(16-31)32(20-9-8-18(14-30)23(26)13-20)15-19-5-3-4-6-22(19)25(27,28)29/h3-6,8-9,13,17,21H,7,10-12,15-16H2,1-2H3/t21-/m0/s1. The first kappa shape index (κ1) is 24.9. The van der Waals surface area contributed by atoms with Crippen LogP contribution in [0.3, 0.4) is 0 Å². The summed E-state index contributed by atoms with van der Waals surface area (Å²) in [5.41, 5.74) is 0.387. The summed E-state index contributed by atoms with van der Waals surface area (Å²) in [7, 11) is 0. The number of nitrogens with zero attached hydrogens (tertiary/aromatic N) is 3. The number of benzene rings is 2. The van der Waals surface area contributed by atoms with Crippen LogP contribution in [0.2, 0.25) is 5.02 Å². The average Bonchev–Trinajstić information content (AvgIpc) is 3.25. The van der Waals surface area contributed by atoms with E-state index in [1.165, 1.54) is 12.1 Å². The largest absolute Gasteiger partial charge is 0.416 e. The van der Waals surface area contributed by atoms with Crippen molar-refractivity contribution in [1.29, 1.82) is 5.26 Å². The molecule has 1 heterocycles. The van der Waals surface area contributed by atoms with Gasteiger partial charge in [0.1, 0.15) is 6.07 Å². The molecule has 2 aromatic carbocycles. The molecule has 1 atom stereocenters. The molecule has 0 N–H and O–H groups in total. The first-order chi connectivity index (χ1) is 15.6. The summed E-state index contributed by atoms with van der Waals surface area (Å²) in [5.74, 6) is 0.489. The van der Waals surface area contributed by atoms with Crippen LogP contribution in [-0.4, -0.2) is 29.9 Å². The van der Waals surface area contributed by atoms with Crippen LogP contribution in [0, 0.1) is 17.2 Å². The number of alkyl halides is 3. The third kappa shape index (κ3) is 6.20. The van der Waals surface area contributed by atoms with Crippen molar-refractivity contribution < 1.29 is 18.0 Å². The molecule has 1 amide bonds. The minimum atomic E-state index is -4.47. The summed E-state index contributed by atoms with van der Waals surface area (Å²) in [6.07, 6.45) is -2.57. The lowest BCUT2D eigenvalue weighted by molar-refractivity contribution is -0.138. The molecule has 33 heavy (non-hydrogen) atoms. The Morgan fingerprint density at radius 2 is 2.00 bits per heavy atom. The fourth-order valence-corrected chi connectivity index (χ4v) is 4.33. The Kier molecular flexibility index (Phi) is 7.91. The van der Waals surface area contributed by atoms with Crippen LogP contribution >= 0.6 is 11.6 Å².